The van der Waals surface area contributed by atoms with Crippen molar-refractivity contribution in [2.24, 2.45) is 0 Å². The summed E-state index contributed by atoms with van der Waals surface area (Å²) in [5.74, 6) is 0. The van der Waals surface area contributed by atoms with E-state index in [2.05, 4.69) is 55.4 Å². The molecule has 1 unspecified atom stereocenters. The molecular weight excluding hydrogens is 443 g/mol. The molecule has 0 aliphatic carbocycles. The number of hydrogen-bond donors (Lipinski definition) is 0. The molecular formula is C15H8Br2Cl2S. The highest BCUT2D eigenvalue weighted by Gasteiger charge is 2.17. The van der Waals surface area contributed by atoms with Crippen LogP contribution in [0.15, 0.2) is 46.3 Å². The lowest BCUT2D eigenvalue weighted by Gasteiger charge is -2.11. The van der Waals surface area contributed by atoms with Gasteiger partial charge < -0.3 is 0 Å². The van der Waals surface area contributed by atoms with Crippen LogP contribution in [0, 0.1) is 0 Å². The molecule has 2 aromatic carbocycles. The number of hydrogen-bond acceptors (Lipinski definition) is 1. The zero-order valence-electron chi connectivity index (χ0n) is 10.0. The smallest absolute Gasteiger partial charge is 0.0659 e. The molecule has 0 aliphatic heterocycles. The molecule has 1 atom stereocenters. The summed E-state index contributed by atoms with van der Waals surface area (Å²) in [6.07, 6.45) is 0. The summed E-state index contributed by atoms with van der Waals surface area (Å²) in [6.45, 7) is 0. The Morgan fingerprint density at radius 3 is 2.60 bits per heavy atom. The average molecular weight is 451 g/mol. The van der Waals surface area contributed by atoms with Crippen LogP contribution < -0.4 is 0 Å². The first kappa shape index (κ1) is 14.9. The maximum atomic E-state index is 6.11. The molecule has 0 bridgehead atoms. The van der Waals surface area contributed by atoms with E-state index in [-0.39, 0.29) is 4.83 Å². The van der Waals surface area contributed by atoms with Crippen molar-refractivity contribution in [2.75, 3.05) is 0 Å². The first-order valence-corrected chi connectivity index (χ1v) is 9.17. The highest BCUT2D eigenvalue weighted by atomic mass is 79.9. The molecule has 3 aromatic rings. The molecule has 102 valence electrons. The minimum absolute atomic E-state index is 0.0975. The molecule has 20 heavy (non-hydrogen) atoms. The maximum Gasteiger partial charge on any atom is 0.0659 e. The van der Waals surface area contributed by atoms with E-state index >= 15 is 0 Å². The molecule has 0 saturated carbocycles. The van der Waals surface area contributed by atoms with Crippen molar-refractivity contribution >= 4 is 76.5 Å². The van der Waals surface area contributed by atoms with Crippen molar-refractivity contribution in [3.63, 3.8) is 0 Å². The van der Waals surface area contributed by atoms with Gasteiger partial charge in [-0.05, 0) is 56.0 Å². The van der Waals surface area contributed by atoms with Crippen molar-refractivity contribution in [3.05, 3.63) is 67.4 Å². The van der Waals surface area contributed by atoms with Gasteiger partial charge in [-0.1, -0.05) is 57.3 Å². The van der Waals surface area contributed by atoms with Crippen LogP contribution >= 0.6 is 66.4 Å². The van der Waals surface area contributed by atoms with Crippen molar-refractivity contribution in [2.45, 2.75) is 4.83 Å². The fourth-order valence-electron chi connectivity index (χ4n) is 2.09. The highest BCUT2D eigenvalue weighted by Crippen LogP contribution is 2.41. The molecule has 0 nitrogen and oxygen atoms in total. The van der Waals surface area contributed by atoms with E-state index in [9.17, 15) is 0 Å². The topological polar surface area (TPSA) is 0 Å². The van der Waals surface area contributed by atoms with E-state index in [0.717, 1.165) is 10.0 Å². The Bertz CT molecular complexity index is 783. The van der Waals surface area contributed by atoms with Crippen molar-refractivity contribution < 1.29 is 0 Å². The molecule has 0 N–H and O–H groups in total. The molecule has 5 heteroatoms. The Morgan fingerprint density at radius 2 is 1.85 bits per heavy atom. The monoisotopic (exact) mass is 448 g/mol. The lowest BCUT2D eigenvalue weighted by molar-refractivity contribution is 1.21. The van der Waals surface area contributed by atoms with Gasteiger partial charge in [-0.25, -0.2) is 0 Å². The van der Waals surface area contributed by atoms with Crippen LogP contribution in [-0.4, -0.2) is 0 Å². The van der Waals surface area contributed by atoms with Crippen LogP contribution in [0.1, 0.15) is 16.0 Å². The van der Waals surface area contributed by atoms with E-state index in [1.165, 1.54) is 15.6 Å². The Morgan fingerprint density at radius 1 is 1.05 bits per heavy atom. The zero-order chi connectivity index (χ0) is 14.3. The summed E-state index contributed by atoms with van der Waals surface area (Å²) in [7, 11) is 0. The van der Waals surface area contributed by atoms with Gasteiger partial charge in [0.15, 0.2) is 0 Å². The van der Waals surface area contributed by atoms with Gasteiger partial charge in [0.25, 0.3) is 0 Å². The summed E-state index contributed by atoms with van der Waals surface area (Å²) in [6, 6.07) is 12.0. The van der Waals surface area contributed by atoms with Gasteiger partial charge in [-0.15, -0.1) is 11.3 Å². The Hall–Kier alpha value is -0.0600. The minimum Gasteiger partial charge on any atom is -0.142 e. The second-order valence-corrected chi connectivity index (χ2v) is 7.81. The third-order valence-corrected chi connectivity index (χ3v) is 6.82. The molecule has 1 heterocycles. The number of halogens is 4. The Labute approximate surface area is 148 Å². The first-order valence-electron chi connectivity index (χ1n) is 5.82. The Kier molecular flexibility index (Phi) is 4.44. The van der Waals surface area contributed by atoms with Crippen LogP contribution in [0.25, 0.3) is 10.1 Å². The van der Waals surface area contributed by atoms with Crippen LogP contribution in [0.4, 0.5) is 0 Å². The van der Waals surface area contributed by atoms with E-state index < -0.39 is 0 Å². The lowest BCUT2D eigenvalue weighted by Crippen LogP contribution is -1.91. The number of alkyl halides is 1. The van der Waals surface area contributed by atoms with Crippen LogP contribution in [0.3, 0.4) is 0 Å². The van der Waals surface area contributed by atoms with Gasteiger partial charge in [-0.2, -0.15) is 0 Å². The molecule has 1 aromatic heterocycles. The van der Waals surface area contributed by atoms with Gasteiger partial charge in [0.1, 0.15) is 0 Å². The first-order chi connectivity index (χ1) is 9.58. The molecule has 0 aliphatic rings. The predicted molar refractivity (Wildman–Crippen MR) is 96.8 cm³/mol. The molecule has 0 amide bonds. The summed E-state index contributed by atoms with van der Waals surface area (Å²) in [5, 5.41) is 4.58. The van der Waals surface area contributed by atoms with Gasteiger partial charge >= 0.3 is 0 Å². The molecule has 0 spiro atoms. The van der Waals surface area contributed by atoms with Crippen molar-refractivity contribution in [1.29, 1.82) is 0 Å². The fourth-order valence-corrected chi connectivity index (χ4v) is 4.88. The van der Waals surface area contributed by atoms with E-state index in [1.807, 2.05) is 18.2 Å². The quantitative estimate of drug-likeness (QED) is 0.355. The van der Waals surface area contributed by atoms with E-state index in [1.54, 1.807) is 11.3 Å². The fraction of sp³-hybridized carbons (Fsp3) is 0.0667. The highest BCUT2D eigenvalue weighted by molar-refractivity contribution is 9.10. The largest absolute Gasteiger partial charge is 0.142 e. The molecule has 3 rings (SSSR count). The van der Waals surface area contributed by atoms with Crippen molar-refractivity contribution in [3.8, 4) is 0 Å². The average Bonchev–Trinajstić information content (AvgIpc) is 2.86. The molecule has 0 fully saturated rings. The third-order valence-electron chi connectivity index (χ3n) is 3.09. The normalized spacial score (nSPS) is 12.8. The van der Waals surface area contributed by atoms with Gasteiger partial charge in [0, 0.05) is 9.17 Å². The summed E-state index contributed by atoms with van der Waals surface area (Å²) >= 11 is 21.2. The second-order valence-electron chi connectivity index (χ2n) is 4.34. The summed E-state index contributed by atoms with van der Waals surface area (Å²) < 4.78 is 2.38. The maximum absolute atomic E-state index is 6.11. The molecule has 0 radical (unpaired) electrons. The summed E-state index contributed by atoms with van der Waals surface area (Å²) in [5.41, 5.74) is 2.34. The third kappa shape index (κ3) is 2.67. The minimum atomic E-state index is 0.0975. The Balaban J connectivity index is 2.10. The summed E-state index contributed by atoms with van der Waals surface area (Å²) in [4.78, 5) is 0.0975. The van der Waals surface area contributed by atoms with Crippen LogP contribution in [0.2, 0.25) is 10.0 Å². The van der Waals surface area contributed by atoms with Gasteiger partial charge in [0.2, 0.25) is 0 Å². The number of fused-ring (bicyclic) bond motifs is 1. The van der Waals surface area contributed by atoms with E-state index in [0.29, 0.717) is 10.0 Å². The standard InChI is InChI=1S/C15H8Br2Cl2S/c16-11-3-1-2-9-10(7-20-15(9)11)14(17)8-4-5-12(18)13(19)6-8/h1-7,14H. The number of benzene rings is 2. The second kappa shape index (κ2) is 5.98. The van der Waals surface area contributed by atoms with Crippen LogP contribution in [0.5, 0.6) is 0 Å². The lowest BCUT2D eigenvalue weighted by atomic mass is 10.0. The zero-order valence-corrected chi connectivity index (χ0v) is 15.5. The predicted octanol–water partition coefficient (Wildman–Crippen LogP) is 7.45. The van der Waals surface area contributed by atoms with Gasteiger partial charge in [0.05, 0.1) is 14.9 Å². The van der Waals surface area contributed by atoms with Crippen molar-refractivity contribution in [1.82, 2.24) is 0 Å². The van der Waals surface area contributed by atoms with Gasteiger partial charge in [-0.3, -0.25) is 0 Å². The SMILES string of the molecule is Clc1ccc(C(Br)c2csc3c(Br)cccc23)cc1Cl. The number of thiophene rings is 1. The van der Waals surface area contributed by atoms with E-state index in [4.69, 9.17) is 23.2 Å². The number of rotatable bonds is 2. The van der Waals surface area contributed by atoms with Crippen LogP contribution in [-0.2, 0) is 0 Å². The molecule has 0 saturated heterocycles.